The smallest absolute Gasteiger partial charge is 0.341 e. The Kier molecular flexibility index (Phi) is 5.54. The maximum Gasteiger partial charge on any atom is 0.341 e. The second-order valence-electron chi connectivity index (χ2n) is 6.45. The average Bonchev–Trinajstić information content (AvgIpc) is 3.13. The molecule has 0 radical (unpaired) electrons. The molecule has 6 heteroatoms. The molecule has 2 aromatic rings. The summed E-state index contributed by atoms with van der Waals surface area (Å²) in [6, 6.07) is 16.0. The van der Waals surface area contributed by atoms with Crippen molar-refractivity contribution in [1.82, 2.24) is 0 Å². The molecule has 6 nitrogen and oxygen atoms in total. The second kappa shape index (κ2) is 8.03. The van der Waals surface area contributed by atoms with E-state index in [4.69, 9.17) is 4.74 Å². The zero-order valence-electron chi connectivity index (χ0n) is 15.4. The van der Waals surface area contributed by atoms with Crippen LogP contribution in [0.1, 0.15) is 30.1 Å². The lowest BCUT2D eigenvalue weighted by molar-refractivity contribution is -0.126. The van der Waals surface area contributed by atoms with E-state index in [9.17, 15) is 14.4 Å². The molecule has 1 fully saturated rings. The summed E-state index contributed by atoms with van der Waals surface area (Å²) in [6.07, 6.45) is 0.282. The highest BCUT2D eigenvalue weighted by atomic mass is 16.5. The zero-order valence-corrected chi connectivity index (χ0v) is 15.4. The molecule has 1 saturated heterocycles. The minimum atomic E-state index is -0.954. The lowest BCUT2D eigenvalue weighted by Crippen LogP contribution is -2.37. The molecule has 0 unspecified atom stereocenters. The average molecular weight is 366 g/mol. The third-order valence-corrected chi connectivity index (χ3v) is 4.59. The van der Waals surface area contributed by atoms with Crippen molar-refractivity contribution in [1.29, 1.82) is 0 Å². The number of nitrogens with zero attached hydrogens (tertiary/aromatic N) is 2. The Hall–Kier alpha value is -3.15. The topological polar surface area (TPSA) is 66.9 Å². The Morgan fingerprint density at radius 3 is 2.41 bits per heavy atom. The lowest BCUT2D eigenvalue weighted by Gasteiger charge is -2.23. The number of amides is 2. The van der Waals surface area contributed by atoms with Gasteiger partial charge in [-0.05, 0) is 37.6 Å². The predicted octanol–water partition coefficient (Wildman–Crippen LogP) is 3.02. The Labute approximate surface area is 158 Å². The van der Waals surface area contributed by atoms with Crippen LogP contribution in [-0.2, 0) is 14.3 Å². The molecule has 1 aliphatic heterocycles. The number of benzene rings is 2. The Balaban J connectivity index is 1.74. The molecule has 1 aliphatic rings. The van der Waals surface area contributed by atoms with Crippen LogP contribution in [0.3, 0.4) is 0 Å². The summed E-state index contributed by atoms with van der Waals surface area (Å²) in [6.45, 7) is 2.12. The summed E-state index contributed by atoms with van der Waals surface area (Å²) in [5.41, 5.74) is 1.53. The van der Waals surface area contributed by atoms with Crippen molar-refractivity contribution in [2.75, 3.05) is 23.4 Å². The molecule has 1 heterocycles. The van der Waals surface area contributed by atoms with Crippen LogP contribution >= 0.6 is 0 Å². The number of carbonyl (C=O) groups is 3. The van der Waals surface area contributed by atoms with Crippen LogP contribution in [0.15, 0.2) is 54.6 Å². The number of likely N-dealkylation sites (N-methyl/N-ethyl adjacent to an activating group) is 1. The van der Waals surface area contributed by atoms with E-state index in [1.165, 1.54) is 4.90 Å². The van der Waals surface area contributed by atoms with Crippen LogP contribution in [0.25, 0.3) is 0 Å². The summed E-state index contributed by atoms with van der Waals surface area (Å²) in [4.78, 5) is 40.3. The van der Waals surface area contributed by atoms with Crippen molar-refractivity contribution in [3.05, 3.63) is 60.2 Å². The van der Waals surface area contributed by atoms with E-state index < -0.39 is 12.1 Å². The van der Waals surface area contributed by atoms with Gasteiger partial charge in [-0.3, -0.25) is 9.59 Å². The fourth-order valence-corrected chi connectivity index (χ4v) is 3.11. The maximum absolute atomic E-state index is 12.7. The highest BCUT2D eigenvalue weighted by molar-refractivity contribution is 6.04. The van der Waals surface area contributed by atoms with Gasteiger partial charge in [0.25, 0.3) is 5.91 Å². The molecule has 140 valence electrons. The van der Waals surface area contributed by atoms with E-state index in [1.807, 2.05) is 18.2 Å². The van der Waals surface area contributed by atoms with Gasteiger partial charge in [-0.2, -0.15) is 0 Å². The third-order valence-electron chi connectivity index (χ3n) is 4.59. The van der Waals surface area contributed by atoms with Gasteiger partial charge in [0.2, 0.25) is 5.91 Å². The molecule has 3 rings (SSSR count). The van der Waals surface area contributed by atoms with Gasteiger partial charge in [0.05, 0.1) is 11.3 Å². The number of esters is 1. The minimum absolute atomic E-state index is 0.0109. The molecule has 27 heavy (non-hydrogen) atoms. The first-order chi connectivity index (χ1) is 13.0. The monoisotopic (exact) mass is 366 g/mol. The van der Waals surface area contributed by atoms with Crippen LogP contribution < -0.4 is 9.80 Å². The van der Waals surface area contributed by atoms with Crippen molar-refractivity contribution >= 4 is 29.2 Å². The summed E-state index contributed by atoms with van der Waals surface area (Å²) in [5, 5.41) is 0. The molecular formula is C21H22N2O4. The van der Waals surface area contributed by atoms with Gasteiger partial charge in [-0.15, -0.1) is 0 Å². The van der Waals surface area contributed by atoms with Gasteiger partial charge in [-0.25, -0.2) is 4.79 Å². The fraction of sp³-hybridized carbons (Fsp3) is 0.286. The normalized spacial score (nSPS) is 14.7. The van der Waals surface area contributed by atoms with Crippen LogP contribution in [0.4, 0.5) is 11.4 Å². The minimum Gasteiger partial charge on any atom is -0.449 e. The number of hydrogen-bond acceptors (Lipinski definition) is 4. The Morgan fingerprint density at radius 1 is 1.07 bits per heavy atom. The van der Waals surface area contributed by atoms with E-state index >= 15 is 0 Å². The van der Waals surface area contributed by atoms with Crippen LogP contribution in [0, 0.1) is 0 Å². The van der Waals surface area contributed by atoms with Crippen molar-refractivity contribution in [3.8, 4) is 0 Å². The molecule has 2 aromatic carbocycles. The van der Waals surface area contributed by atoms with E-state index in [0.29, 0.717) is 24.3 Å². The number of anilines is 2. The SMILES string of the molecule is C[C@H](OC(=O)c1ccccc1N1CCCC1=O)C(=O)N(C)c1ccccc1. The first-order valence-corrected chi connectivity index (χ1v) is 8.92. The third kappa shape index (κ3) is 4.00. The highest BCUT2D eigenvalue weighted by Crippen LogP contribution is 2.26. The van der Waals surface area contributed by atoms with Crippen molar-refractivity contribution in [3.63, 3.8) is 0 Å². The Bertz CT molecular complexity index is 850. The van der Waals surface area contributed by atoms with E-state index in [2.05, 4.69) is 0 Å². The molecule has 0 bridgehead atoms. The van der Waals surface area contributed by atoms with Gasteiger partial charge >= 0.3 is 5.97 Å². The first kappa shape index (κ1) is 18.6. The van der Waals surface area contributed by atoms with Crippen molar-refractivity contribution < 1.29 is 19.1 Å². The van der Waals surface area contributed by atoms with Gasteiger partial charge in [0.1, 0.15) is 0 Å². The molecular weight excluding hydrogens is 344 g/mol. The van der Waals surface area contributed by atoms with Gasteiger partial charge < -0.3 is 14.5 Å². The Morgan fingerprint density at radius 2 is 1.74 bits per heavy atom. The summed E-state index contributed by atoms with van der Waals surface area (Å²) < 4.78 is 5.41. The predicted molar refractivity (Wildman–Crippen MR) is 103 cm³/mol. The summed E-state index contributed by atoms with van der Waals surface area (Å²) >= 11 is 0. The summed E-state index contributed by atoms with van der Waals surface area (Å²) in [7, 11) is 1.64. The van der Waals surface area contributed by atoms with E-state index in [1.54, 1.807) is 55.3 Å². The highest BCUT2D eigenvalue weighted by Gasteiger charge is 2.28. The number of rotatable bonds is 5. The number of hydrogen-bond donors (Lipinski definition) is 0. The van der Waals surface area contributed by atoms with Gasteiger partial charge in [0, 0.05) is 25.7 Å². The van der Waals surface area contributed by atoms with Crippen LogP contribution in [0.5, 0.6) is 0 Å². The molecule has 0 spiro atoms. The van der Waals surface area contributed by atoms with Crippen LogP contribution in [0.2, 0.25) is 0 Å². The van der Waals surface area contributed by atoms with Crippen LogP contribution in [-0.4, -0.2) is 37.5 Å². The van der Waals surface area contributed by atoms with Crippen molar-refractivity contribution in [2.45, 2.75) is 25.9 Å². The molecule has 0 aromatic heterocycles. The molecule has 1 atom stereocenters. The molecule has 0 saturated carbocycles. The van der Waals surface area contributed by atoms with E-state index in [0.717, 1.165) is 6.42 Å². The van der Waals surface area contributed by atoms with Crippen molar-refractivity contribution in [2.24, 2.45) is 0 Å². The van der Waals surface area contributed by atoms with E-state index in [-0.39, 0.29) is 17.4 Å². The number of para-hydroxylation sites is 2. The first-order valence-electron chi connectivity index (χ1n) is 8.92. The number of carbonyl (C=O) groups excluding carboxylic acids is 3. The second-order valence-corrected chi connectivity index (χ2v) is 6.45. The van der Waals surface area contributed by atoms with Gasteiger partial charge in [-0.1, -0.05) is 30.3 Å². The quantitative estimate of drug-likeness (QED) is 0.763. The standard InChI is InChI=1S/C21H22N2O4/c1-15(20(25)22(2)16-9-4-3-5-10-16)27-21(26)17-11-6-7-12-18(17)23-14-8-13-19(23)24/h3-7,9-12,15H,8,13-14H2,1-2H3/t15-/m0/s1. The molecule has 0 aliphatic carbocycles. The summed E-state index contributed by atoms with van der Waals surface area (Å²) in [5.74, 6) is -0.958. The molecule has 2 amide bonds. The zero-order chi connectivity index (χ0) is 19.4. The largest absolute Gasteiger partial charge is 0.449 e. The number of ether oxygens (including phenoxy) is 1. The maximum atomic E-state index is 12.7. The van der Waals surface area contributed by atoms with Gasteiger partial charge in [0.15, 0.2) is 6.10 Å². The lowest BCUT2D eigenvalue weighted by atomic mass is 10.1. The molecule has 0 N–H and O–H groups in total. The fourth-order valence-electron chi connectivity index (χ4n) is 3.11.